The minimum absolute atomic E-state index is 0.132. The molecule has 0 aromatic heterocycles. The molecule has 0 aliphatic rings. The van der Waals surface area contributed by atoms with E-state index in [1.165, 1.54) is 19.2 Å². The van der Waals surface area contributed by atoms with Gasteiger partial charge in [0.15, 0.2) is 0 Å². The van der Waals surface area contributed by atoms with E-state index in [9.17, 15) is 9.18 Å². The Balaban J connectivity index is 2.70. The first-order valence-corrected chi connectivity index (χ1v) is 5.86. The molecule has 0 atom stereocenters. The molecule has 1 aromatic carbocycles. The summed E-state index contributed by atoms with van der Waals surface area (Å²) in [7, 11) is 6.79. The number of nitrogens with one attached hydrogen (secondary N) is 1. The number of amides is 1. The minimum Gasteiger partial charge on any atom is -0.496 e. The van der Waals surface area contributed by atoms with Crippen LogP contribution in [0.25, 0.3) is 0 Å². The van der Waals surface area contributed by atoms with Gasteiger partial charge in [0.2, 0.25) is 0 Å². The van der Waals surface area contributed by atoms with Crippen LogP contribution in [0.1, 0.15) is 10.4 Å². The summed E-state index contributed by atoms with van der Waals surface area (Å²) < 4.78 is 18.2. The van der Waals surface area contributed by atoms with E-state index in [2.05, 4.69) is 18.5 Å². The van der Waals surface area contributed by atoms with E-state index in [1.54, 1.807) is 12.2 Å². The van der Waals surface area contributed by atoms with Gasteiger partial charge >= 0.3 is 0 Å². The second kappa shape index (κ2) is 7.33. The average Bonchev–Trinajstić information content (AvgIpc) is 2.42. The molecular weight excluding hydrogens is 256 g/mol. The highest BCUT2D eigenvalue weighted by Gasteiger charge is 2.12. The number of halogens is 1. The SMILES string of the molecule is [B]C(=C)/C=C\C(=C)CNC(=O)c1cc(F)ccc1OC. The van der Waals surface area contributed by atoms with Crippen LogP contribution in [0.2, 0.25) is 0 Å². The third-order valence-corrected chi connectivity index (χ3v) is 2.42. The van der Waals surface area contributed by atoms with Gasteiger partial charge in [0.1, 0.15) is 19.4 Å². The van der Waals surface area contributed by atoms with Gasteiger partial charge in [-0.15, -0.1) is 12.1 Å². The van der Waals surface area contributed by atoms with Crippen molar-refractivity contribution in [1.29, 1.82) is 0 Å². The lowest BCUT2D eigenvalue weighted by Gasteiger charge is -2.09. The van der Waals surface area contributed by atoms with Gasteiger partial charge in [-0.1, -0.05) is 18.7 Å². The van der Waals surface area contributed by atoms with Crippen molar-refractivity contribution < 1.29 is 13.9 Å². The molecule has 102 valence electrons. The van der Waals surface area contributed by atoms with Crippen molar-refractivity contribution >= 4 is 13.8 Å². The molecule has 20 heavy (non-hydrogen) atoms. The second-order valence-electron chi connectivity index (χ2n) is 4.09. The van der Waals surface area contributed by atoms with E-state index in [4.69, 9.17) is 12.6 Å². The van der Waals surface area contributed by atoms with Crippen LogP contribution >= 0.6 is 0 Å². The van der Waals surface area contributed by atoms with Gasteiger partial charge in [0.05, 0.1) is 12.7 Å². The standard InChI is InChI=1S/C15H15BFNO2/c1-10(4-5-11(2)16)9-18-15(19)13-8-12(17)6-7-14(13)20-3/h4-8H,1-2,9H2,3H3,(H,18,19)/b5-4-. The van der Waals surface area contributed by atoms with Crippen LogP contribution < -0.4 is 10.1 Å². The summed E-state index contributed by atoms with van der Waals surface area (Å²) in [5, 5.41) is 2.62. The molecule has 1 rings (SSSR count). The molecule has 0 bridgehead atoms. The largest absolute Gasteiger partial charge is 0.496 e. The van der Waals surface area contributed by atoms with Crippen LogP contribution in [0.5, 0.6) is 5.75 Å². The quantitative estimate of drug-likeness (QED) is 0.637. The Hall–Kier alpha value is -2.30. The first kappa shape index (κ1) is 15.8. The number of rotatable bonds is 6. The fourth-order valence-corrected chi connectivity index (χ4v) is 1.43. The molecule has 1 amide bonds. The Labute approximate surface area is 119 Å². The van der Waals surface area contributed by atoms with Gasteiger partial charge in [0.25, 0.3) is 5.91 Å². The molecule has 0 aliphatic heterocycles. The van der Waals surface area contributed by atoms with E-state index in [0.29, 0.717) is 16.8 Å². The van der Waals surface area contributed by atoms with Crippen molar-refractivity contribution in [3.63, 3.8) is 0 Å². The van der Waals surface area contributed by atoms with Crippen LogP contribution in [0.15, 0.2) is 54.6 Å². The van der Waals surface area contributed by atoms with Crippen molar-refractivity contribution in [2.75, 3.05) is 13.7 Å². The Morgan fingerprint density at radius 3 is 2.75 bits per heavy atom. The van der Waals surface area contributed by atoms with E-state index >= 15 is 0 Å². The third-order valence-electron chi connectivity index (χ3n) is 2.42. The minimum atomic E-state index is -0.505. The Morgan fingerprint density at radius 2 is 2.15 bits per heavy atom. The lowest BCUT2D eigenvalue weighted by molar-refractivity contribution is 0.0954. The number of allylic oxidation sites excluding steroid dienone is 2. The fourth-order valence-electron chi connectivity index (χ4n) is 1.43. The maximum Gasteiger partial charge on any atom is 0.255 e. The summed E-state index contributed by atoms with van der Waals surface area (Å²) in [6.45, 7) is 7.47. The smallest absolute Gasteiger partial charge is 0.255 e. The summed E-state index contributed by atoms with van der Waals surface area (Å²) in [4.78, 5) is 12.0. The van der Waals surface area contributed by atoms with Gasteiger partial charge in [-0.25, -0.2) is 4.39 Å². The van der Waals surface area contributed by atoms with Gasteiger partial charge in [-0.2, -0.15) is 0 Å². The molecule has 0 unspecified atom stereocenters. The van der Waals surface area contributed by atoms with Crippen molar-refractivity contribution in [1.82, 2.24) is 5.32 Å². The van der Waals surface area contributed by atoms with E-state index in [1.807, 2.05) is 0 Å². The van der Waals surface area contributed by atoms with E-state index in [-0.39, 0.29) is 12.1 Å². The molecule has 5 heteroatoms. The fraction of sp³-hybridized carbons (Fsp3) is 0.133. The van der Waals surface area contributed by atoms with Crippen molar-refractivity contribution in [2.45, 2.75) is 0 Å². The first-order valence-electron chi connectivity index (χ1n) is 5.86. The van der Waals surface area contributed by atoms with Crippen LogP contribution in [0, 0.1) is 5.82 Å². The highest BCUT2D eigenvalue weighted by Crippen LogP contribution is 2.19. The maximum absolute atomic E-state index is 13.2. The lowest BCUT2D eigenvalue weighted by atomic mass is 9.97. The van der Waals surface area contributed by atoms with Crippen molar-refractivity contribution in [3.05, 3.63) is 65.9 Å². The van der Waals surface area contributed by atoms with Crippen molar-refractivity contribution in [3.8, 4) is 5.75 Å². The molecule has 2 radical (unpaired) electrons. The predicted octanol–water partition coefficient (Wildman–Crippen LogP) is 2.36. The summed E-state index contributed by atoms with van der Waals surface area (Å²) in [6, 6.07) is 3.75. The number of carbonyl (C=O) groups is 1. The van der Waals surface area contributed by atoms with Gasteiger partial charge in [-0.3, -0.25) is 4.79 Å². The van der Waals surface area contributed by atoms with E-state index in [0.717, 1.165) is 6.07 Å². The maximum atomic E-state index is 13.2. The second-order valence-corrected chi connectivity index (χ2v) is 4.09. The molecule has 0 fully saturated rings. The van der Waals surface area contributed by atoms with Gasteiger partial charge in [-0.05, 0) is 23.8 Å². The Morgan fingerprint density at radius 1 is 1.45 bits per heavy atom. The van der Waals surface area contributed by atoms with Crippen LogP contribution in [-0.4, -0.2) is 27.4 Å². The normalized spacial score (nSPS) is 10.3. The zero-order chi connectivity index (χ0) is 15.1. The monoisotopic (exact) mass is 271 g/mol. The lowest BCUT2D eigenvalue weighted by Crippen LogP contribution is -2.25. The molecule has 1 aromatic rings. The van der Waals surface area contributed by atoms with Crippen LogP contribution in [-0.2, 0) is 0 Å². The molecule has 0 aliphatic carbocycles. The summed E-state index contributed by atoms with van der Waals surface area (Å²) in [5.74, 6) is -0.642. The number of benzene rings is 1. The summed E-state index contributed by atoms with van der Waals surface area (Å²) in [5.41, 5.74) is 1.16. The van der Waals surface area contributed by atoms with E-state index < -0.39 is 11.7 Å². The zero-order valence-electron chi connectivity index (χ0n) is 11.3. The Bertz CT molecular complexity index is 567. The first-order chi connectivity index (χ1) is 9.43. The van der Waals surface area contributed by atoms with Crippen molar-refractivity contribution in [2.24, 2.45) is 0 Å². The molecule has 0 spiro atoms. The number of methoxy groups -OCH3 is 1. The van der Waals surface area contributed by atoms with Gasteiger partial charge in [0, 0.05) is 6.54 Å². The highest BCUT2D eigenvalue weighted by molar-refractivity contribution is 6.23. The highest BCUT2D eigenvalue weighted by atomic mass is 19.1. The number of hydrogen-bond donors (Lipinski definition) is 1. The molecular formula is C15H15BFNO2. The number of hydrogen-bond acceptors (Lipinski definition) is 2. The summed E-state index contributed by atoms with van der Waals surface area (Å²) in [6.07, 6.45) is 3.22. The zero-order valence-corrected chi connectivity index (χ0v) is 11.3. The average molecular weight is 271 g/mol. The topological polar surface area (TPSA) is 38.3 Å². The molecule has 3 nitrogen and oxygen atoms in total. The Kier molecular flexibility index (Phi) is 5.78. The van der Waals surface area contributed by atoms with Crippen LogP contribution in [0.3, 0.4) is 0 Å². The van der Waals surface area contributed by atoms with Gasteiger partial charge < -0.3 is 10.1 Å². The molecule has 0 saturated carbocycles. The van der Waals surface area contributed by atoms with Crippen LogP contribution in [0.4, 0.5) is 4.39 Å². The summed E-state index contributed by atoms with van der Waals surface area (Å²) >= 11 is 0. The number of carbonyl (C=O) groups excluding carboxylic acids is 1. The molecule has 1 N–H and O–H groups in total. The molecule has 0 heterocycles. The molecule has 0 saturated heterocycles. The number of ether oxygens (including phenoxy) is 1. The third kappa shape index (κ3) is 4.76. The predicted molar refractivity (Wildman–Crippen MR) is 78.5 cm³/mol.